The first-order valence-electron chi connectivity index (χ1n) is 2.98. The molecule has 11 heavy (non-hydrogen) atoms. The van der Waals surface area contributed by atoms with Crippen LogP contribution in [0.2, 0.25) is 0 Å². The van der Waals surface area contributed by atoms with Gasteiger partial charge in [0.25, 0.3) is 0 Å². The van der Waals surface area contributed by atoms with Gasteiger partial charge in [-0.05, 0) is 12.1 Å². The minimum atomic E-state index is -0.499. The monoisotopic (exact) mass is 171 g/mol. The van der Waals surface area contributed by atoms with Crippen molar-refractivity contribution in [3.63, 3.8) is 0 Å². The Morgan fingerprint density at radius 3 is 3.00 bits per heavy atom. The summed E-state index contributed by atoms with van der Waals surface area (Å²) in [7, 11) is 0. The Kier molecular flexibility index (Phi) is 2.86. The van der Waals surface area contributed by atoms with Gasteiger partial charge in [-0.15, -0.1) is 0 Å². The molecule has 1 heterocycles. The number of ether oxygens (including phenoxy) is 1. The first-order chi connectivity index (χ1) is 5.34. The molecule has 0 aliphatic rings. The minimum Gasteiger partial charge on any atom is -0.445 e. The van der Waals surface area contributed by atoms with Gasteiger partial charge in [0.1, 0.15) is 5.69 Å². The third-order valence-corrected chi connectivity index (χ3v) is 1.17. The van der Waals surface area contributed by atoms with Crippen LogP contribution < -0.4 is 0 Å². The predicted molar refractivity (Wildman–Crippen MR) is 40.4 cm³/mol. The van der Waals surface area contributed by atoms with E-state index in [-0.39, 0.29) is 11.8 Å². The molecule has 0 atom stereocenters. The third-order valence-electron chi connectivity index (χ3n) is 1.06. The minimum absolute atomic E-state index is 0.143. The molecule has 0 saturated heterocycles. The Bertz CT molecular complexity index is 237. The summed E-state index contributed by atoms with van der Waals surface area (Å²) < 4.78 is 4.49. The van der Waals surface area contributed by atoms with Crippen LogP contribution in [0.5, 0.6) is 0 Å². The SMILES string of the molecule is O=C(OCCl)c1ccccn1. The van der Waals surface area contributed by atoms with E-state index in [0.717, 1.165) is 0 Å². The van der Waals surface area contributed by atoms with E-state index in [1.54, 1.807) is 18.2 Å². The van der Waals surface area contributed by atoms with E-state index < -0.39 is 5.97 Å². The Labute approximate surface area is 69.0 Å². The van der Waals surface area contributed by atoms with Crippen molar-refractivity contribution in [3.05, 3.63) is 30.1 Å². The smallest absolute Gasteiger partial charge is 0.358 e. The highest BCUT2D eigenvalue weighted by Gasteiger charge is 2.05. The number of nitrogens with zero attached hydrogens (tertiary/aromatic N) is 1. The molecule has 0 bridgehead atoms. The molecule has 0 amide bonds. The Hall–Kier alpha value is -1.09. The first-order valence-corrected chi connectivity index (χ1v) is 3.52. The lowest BCUT2D eigenvalue weighted by atomic mass is 10.4. The van der Waals surface area contributed by atoms with Gasteiger partial charge in [0, 0.05) is 6.20 Å². The molecule has 1 aromatic rings. The Morgan fingerprint density at radius 2 is 2.45 bits per heavy atom. The molecule has 0 aliphatic heterocycles. The number of rotatable bonds is 2. The molecule has 0 N–H and O–H groups in total. The second kappa shape index (κ2) is 3.93. The molecule has 3 nitrogen and oxygen atoms in total. The van der Waals surface area contributed by atoms with E-state index >= 15 is 0 Å². The van der Waals surface area contributed by atoms with E-state index in [1.807, 2.05) is 0 Å². The molecule has 0 spiro atoms. The number of pyridine rings is 1. The molecule has 0 saturated carbocycles. The van der Waals surface area contributed by atoms with Crippen LogP contribution in [0, 0.1) is 0 Å². The lowest BCUT2D eigenvalue weighted by Gasteiger charge is -1.97. The fraction of sp³-hybridized carbons (Fsp3) is 0.143. The summed E-state index contributed by atoms with van der Waals surface area (Å²) >= 11 is 5.18. The van der Waals surface area contributed by atoms with Crippen molar-refractivity contribution in [2.24, 2.45) is 0 Å². The van der Waals surface area contributed by atoms with Crippen molar-refractivity contribution in [2.75, 3.05) is 6.07 Å². The van der Waals surface area contributed by atoms with Crippen molar-refractivity contribution in [3.8, 4) is 0 Å². The number of carbonyl (C=O) groups is 1. The molecule has 0 radical (unpaired) electrons. The summed E-state index contributed by atoms with van der Waals surface area (Å²) in [6.45, 7) is 0. The number of carbonyl (C=O) groups excluding carboxylic acids is 1. The van der Waals surface area contributed by atoms with Crippen molar-refractivity contribution in [1.82, 2.24) is 4.98 Å². The molecule has 0 fully saturated rings. The van der Waals surface area contributed by atoms with Crippen LogP contribution in [0.3, 0.4) is 0 Å². The van der Waals surface area contributed by atoms with Gasteiger partial charge < -0.3 is 4.74 Å². The molecule has 0 aliphatic carbocycles. The maximum atomic E-state index is 10.9. The molecule has 0 unspecified atom stereocenters. The zero-order valence-electron chi connectivity index (χ0n) is 5.66. The van der Waals surface area contributed by atoms with E-state index in [1.165, 1.54) is 6.20 Å². The molecule has 4 heteroatoms. The summed E-state index contributed by atoms with van der Waals surface area (Å²) in [4.78, 5) is 14.6. The standard InChI is InChI=1S/C7H6ClNO2/c8-5-11-7(10)6-3-1-2-4-9-6/h1-4H,5H2. The van der Waals surface area contributed by atoms with Crippen molar-refractivity contribution in [2.45, 2.75) is 0 Å². The molecule has 58 valence electrons. The number of esters is 1. The number of hydrogen-bond acceptors (Lipinski definition) is 3. The molecular weight excluding hydrogens is 166 g/mol. The van der Waals surface area contributed by atoms with Crippen LogP contribution in [0.1, 0.15) is 10.5 Å². The summed E-state index contributed by atoms with van der Waals surface area (Å²) in [6, 6.07) is 4.85. The van der Waals surface area contributed by atoms with Crippen LogP contribution in [0.15, 0.2) is 24.4 Å². The first kappa shape index (κ1) is 8.01. The maximum Gasteiger partial charge on any atom is 0.358 e. The van der Waals surface area contributed by atoms with Crippen LogP contribution in [-0.4, -0.2) is 17.0 Å². The Balaban J connectivity index is 2.69. The average molecular weight is 172 g/mol. The summed E-state index contributed by atoms with van der Waals surface area (Å²) in [5, 5.41) is 0. The molecular formula is C7H6ClNO2. The highest BCUT2D eigenvalue weighted by Crippen LogP contribution is 1.96. The Morgan fingerprint density at radius 1 is 1.64 bits per heavy atom. The van der Waals surface area contributed by atoms with E-state index in [2.05, 4.69) is 9.72 Å². The normalized spacial score (nSPS) is 9.18. The largest absolute Gasteiger partial charge is 0.445 e. The lowest BCUT2D eigenvalue weighted by molar-refractivity contribution is 0.0567. The maximum absolute atomic E-state index is 10.9. The van der Waals surface area contributed by atoms with Gasteiger partial charge in [-0.2, -0.15) is 0 Å². The van der Waals surface area contributed by atoms with E-state index in [4.69, 9.17) is 11.6 Å². The summed E-state index contributed by atoms with van der Waals surface area (Å²) in [6.07, 6.45) is 1.52. The van der Waals surface area contributed by atoms with Gasteiger partial charge in [-0.1, -0.05) is 17.7 Å². The average Bonchev–Trinajstić information content (AvgIpc) is 2.07. The second-order valence-electron chi connectivity index (χ2n) is 1.76. The van der Waals surface area contributed by atoms with Crippen LogP contribution >= 0.6 is 11.6 Å². The summed E-state index contributed by atoms with van der Waals surface area (Å²) in [5.74, 6) is -0.499. The van der Waals surface area contributed by atoms with Crippen molar-refractivity contribution in [1.29, 1.82) is 0 Å². The topological polar surface area (TPSA) is 39.2 Å². The number of hydrogen-bond donors (Lipinski definition) is 0. The van der Waals surface area contributed by atoms with Crippen molar-refractivity contribution >= 4 is 17.6 Å². The molecule has 0 aromatic carbocycles. The lowest BCUT2D eigenvalue weighted by Crippen LogP contribution is -2.05. The van der Waals surface area contributed by atoms with Gasteiger partial charge in [0.15, 0.2) is 6.07 Å². The van der Waals surface area contributed by atoms with Gasteiger partial charge in [-0.3, -0.25) is 0 Å². The second-order valence-corrected chi connectivity index (χ2v) is 1.97. The predicted octanol–water partition coefficient (Wildman–Crippen LogP) is 1.43. The summed E-state index contributed by atoms with van der Waals surface area (Å²) in [5.41, 5.74) is 0.271. The van der Waals surface area contributed by atoms with Crippen LogP contribution in [0.25, 0.3) is 0 Å². The fourth-order valence-electron chi connectivity index (χ4n) is 0.607. The highest BCUT2D eigenvalue weighted by molar-refractivity contribution is 6.17. The van der Waals surface area contributed by atoms with Gasteiger partial charge in [0.2, 0.25) is 0 Å². The quantitative estimate of drug-likeness (QED) is 0.499. The van der Waals surface area contributed by atoms with E-state index in [9.17, 15) is 4.79 Å². The molecule has 1 aromatic heterocycles. The van der Waals surface area contributed by atoms with E-state index in [0.29, 0.717) is 0 Å². The van der Waals surface area contributed by atoms with Crippen molar-refractivity contribution < 1.29 is 9.53 Å². The van der Waals surface area contributed by atoms with Gasteiger partial charge in [0.05, 0.1) is 0 Å². The zero-order chi connectivity index (χ0) is 8.10. The van der Waals surface area contributed by atoms with Crippen LogP contribution in [-0.2, 0) is 4.74 Å². The zero-order valence-corrected chi connectivity index (χ0v) is 6.41. The van der Waals surface area contributed by atoms with Gasteiger partial charge >= 0.3 is 5.97 Å². The number of alkyl halides is 1. The van der Waals surface area contributed by atoms with Crippen LogP contribution in [0.4, 0.5) is 0 Å². The third kappa shape index (κ3) is 2.20. The number of aromatic nitrogens is 1. The van der Waals surface area contributed by atoms with Gasteiger partial charge in [-0.25, -0.2) is 9.78 Å². The molecule has 1 rings (SSSR count). The fourth-order valence-corrected chi connectivity index (χ4v) is 0.706. The number of halogens is 1. The highest BCUT2D eigenvalue weighted by atomic mass is 35.5.